The number of fused-ring (bicyclic) bond motifs is 1. The fourth-order valence-corrected chi connectivity index (χ4v) is 4.89. The monoisotopic (exact) mass is 390 g/mol. The summed E-state index contributed by atoms with van der Waals surface area (Å²) in [4.78, 5) is 5.33. The smallest absolute Gasteiger partial charge is 0.0994 e. The van der Waals surface area contributed by atoms with E-state index in [1.54, 1.807) is 6.20 Å². The quantitative estimate of drug-likeness (QED) is 0.565. The van der Waals surface area contributed by atoms with Crippen LogP contribution in [0.3, 0.4) is 0 Å². The highest BCUT2D eigenvalue weighted by molar-refractivity contribution is 8.00. The number of rotatable bonds is 5. The third kappa shape index (κ3) is 3.72. The molecular weight excluding hydrogens is 375 g/mol. The fourth-order valence-electron chi connectivity index (χ4n) is 3.00. The standard InChI is InChI=1S/C19H16Cl2N2OS/c20-14-6-4-13(5-7-14)11-24-19-17(10-23-9-8-22-12-23)25-16-3-1-2-15(21)18(16)19/h1-9,12,17,19H,10-11H2. The maximum absolute atomic E-state index is 6.48. The van der Waals surface area contributed by atoms with Gasteiger partial charge in [-0.3, -0.25) is 0 Å². The van der Waals surface area contributed by atoms with Crippen LogP contribution in [0.25, 0.3) is 0 Å². The van der Waals surface area contributed by atoms with Gasteiger partial charge in [-0.05, 0) is 29.8 Å². The van der Waals surface area contributed by atoms with Crippen molar-refractivity contribution in [1.29, 1.82) is 0 Å². The molecule has 2 aromatic carbocycles. The van der Waals surface area contributed by atoms with E-state index < -0.39 is 0 Å². The van der Waals surface area contributed by atoms with E-state index in [1.807, 2.05) is 60.7 Å². The second-order valence-electron chi connectivity index (χ2n) is 5.93. The van der Waals surface area contributed by atoms with Crippen LogP contribution in [0.1, 0.15) is 17.2 Å². The van der Waals surface area contributed by atoms with Crippen molar-refractivity contribution in [3.05, 3.63) is 82.4 Å². The molecule has 1 aliphatic rings. The van der Waals surface area contributed by atoms with Crippen LogP contribution in [0.2, 0.25) is 10.0 Å². The molecule has 4 rings (SSSR count). The molecule has 0 aliphatic carbocycles. The van der Waals surface area contributed by atoms with E-state index in [2.05, 4.69) is 15.6 Å². The van der Waals surface area contributed by atoms with Crippen molar-refractivity contribution >= 4 is 35.0 Å². The number of nitrogens with zero attached hydrogens (tertiary/aromatic N) is 2. The summed E-state index contributed by atoms with van der Waals surface area (Å²) in [6.07, 6.45) is 5.54. The van der Waals surface area contributed by atoms with Gasteiger partial charge in [-0.25, -0.2) is 4.98 Å². The summed E-state index contributed by atoms with van der Waals surface area (Å²) >= 11 is 14.3. The lowest BCUT2D eigenvalue weighted by Gasteiger charge is -2.21. The summed E-state index contributed by atoms with van der Waals surface area (Å²) in [6.45, 7) is 1.34. The topological polar surface area (TPSA) is 27.1 Å². The molecule has 0 fully saturated rings. The molecule has 0 bridgehead atoms. The summed E-state index contributed by atoms with van der Waals surface area (Å²) in [6, 6.07) is 13.8. The average Bonchev–Trinajstić information content (AvgIpc) is 3.23. The van der Waals surface area contributed by atoms with Gasteiger partial charge < -0.3 is 9.30 Å². The number of hydrogen-bond acceptors (Lipinski definition) is 3. The highest BCUT2D eigenvalue weighted by atomic mass is 35.5. The van der Waals surface area contributed by atoms with Gasteiger partial charge in [0, 0.05) is 39.4 Å². The van der Waals surface area contributed by atoms with Gasteiger partial charge in [0.2, 0.25) is 0 Å². The number of benzene rings is 2. The van der Waals surface area contributed by atoms with Crippen molar-refractivity contribution in [3.8, 4) is 0 Å². The van der Waals surface area contributed by atoms with Crippen LogP contribution in [0.5, 0.6) is 0 Å². The highest BCUT2D eigenvalue weighted by Gasteiger charge is 2.36. The Morgan fingerprint density at radius 1 is 1.12 bits per heavy atom. The van der Waals surface area contributed by atoms with Gasteiger partial charge in [0.15, 0.2) is 0 Å². The zero-order valence-electron chi connectivity index (χ0n) is 13.3. The maximum Gasteiger partial charge on any atom is 0.0994 e. The minimum atomic E-state index is -0.0632. The van der Waals surface area contributed by atoms with Crippen molar-refractivity contribution in [2.75, 3.05) is 0 Å². The van der Waals surface area contributed by atoms with E-state index in [-0.39, 0.29) is 11.4 Å². The van der Waals surface area contributed by atoms with Crippen LogP contribution in [-0.2, 0) is 17.9 Å². The first-order valence-corrected chi connectivity index (χ1v) is 9.61. The second kappa shape index (κ2) is 7.42. The Bertz CT molecular complexity index is 852. The zero-order chi connectivity index (χ0) is 17.2. The first-order chi connectivity index (χ1) is 12.2. The lowest BCUT2D eigenvalue weighted by molar-refractivity contribution is 0.0367. The van der Waals surface area contributed by atoms with Gasteiger partial charge >= 0.3 is 0 Å². The highest BCUT2D eigenvalue weighted by Crippen LogP contribution is 2.49. The predicted molar refractivity (Wildman–Crippen MR) is 102 cm³/mol. The predicted octanol–water partition coefficient (Wildman–Crippen LogP) is 5.62. The molecule has 2 heterocycles. The number of aromatic nitrogens is 2. The lowest BCUT2D eigenvalue weighted by Crippen LogP contribution is -2.19. The molecule has 1 aliphatic heterocycles. The van der Waals surface area contributed by atoms with Crippen molar-refractivity contribution in [1.82, 2.24) is 9.55 Å². The van der Waals surface area contributed by atoms with Gasteiger partial charge in [-0.2, -0.15) is 0 Å². The molecule has 0 spiro atoms. The molecule has 0 saturated carbocycles. The van der Waals surface area contributed by atoms with Crippen LogP contribution < -0.4 is 0 Å². The molecule has 0 amide bonds. The molecule has 6 heteroatoms. The average molecular weight is 391 g/mol. The van der Waals surface area contributed by atoms with E-state index in [0.717, 1.165) is 27.7 Å². The van der Waals surface area contributed by atoms with Crippen LogP contribution >= 0.6 is 35.0 Å². The largest absolute Gasteiger partial charge is 0.368 e. The van der Waals surface area contributed by atoms with Gasteiger partial charge in [0.05, 0.1) is 24.3 Å². The SMILES string of the molecule is Clc1ccc(COC2c3c(Cl)cccc3SC2Cn2ccnc2)cc1. The Hall–Kier alpha value is -1.46. The van der Waals surface area contributed by atoms with Gasteiger partial charge in [0.25, 0.3) is 0 Å². The van der Waals surface area contributed by atoms with Crippen molar-refractivity contribution in [2.45, 2.75) is 29.4 Å². The van der Waals surface area contributed by atoms with E-state index in [4.69, 9.17) is 27.9 Å². The normalized spacial score (nSPS) is 19.1. The molecule has 0 N–H and O–H groups in total. The summed E-state index contributed by atoms with van der Waals surface area (Å²) in [5.74, 6) is 0. The van der Waals surface area contributed by atoms with E-state index in [9.17, 15) is 0 Å². The Morgan fingerprint density at radius 3 is 2.72 bits per heavy atom. The van der Waals surface area contributed by atoms with Crippen molar-refractivity contribution < 1.29 is 4.74 Å². The molecule has 2 atom stereocenters. The Morgan fingerprint density at radius 2 is 1.96 bits per heavy atom. The molecule has 0 saturated heterocycles. The number of imidazole rings is 1. The Balaban J connectivity index is 1.57. The Labute approximate surface area is 160 Å². The van der Waals surface area contributed by atoms with Crippen LogP contribution in [-0.4, -0.2) is 14.8 Å². The van der Waals surface area contributed by atoms with Gasteiger partial charge in [-0.1, -0.05) is 41.4 Å². The summed E-state index contributed by atoms with van der Waals surface area (Å²) in [7, 11) is 0. The number of hydrogen-bond donors (Lipinski definition) is 0. The molecule has 128 valence electrons. The third-order valence-electron chi connectivity index (χ3n) is 4.21. The Kier molecular flexibility index (Phi) is 5.04. The van der Waals surface area contributed by atoms with Crippen molar-refractivity contribution in [2.24, 2.45) is 0 Å². The summed E-state index contributed by atoms with van der Waals surface area (Å²) < 4.78 is 8.39. The molecule has 3 nitrogen and oxygen atoms in total. The molecular formula is C19H16Cl2N2OS. The fraction of sp³-hybridized carbons (Fsp3) is 0.211. The molecule has 2 unspecified atom stereocenters. The first-order valence-electron chi connectivity index (χ1n) is 7.97. The van der Waals surface area contributed by atoms with Crippen LogP contribution in [0.4, 0.5) is 0 Å². The lowest BCUT2D eigenvalue weighted by atomic mass is 10.1. The summed E-state index contributed by atoms with van der Waals surface area (Å²) in [5.41, 5.74) is 2.18. The van der Waals surface area contributed by atoms with Crippen LogP contribution in [0, 0.1) is 0 Å². The first kappa shape index (κ1) is 17.0. The number of ether oxygens (including phenoxy) is 1. The third-order valence-corrected chi connectivity index (χ3v) is 6.10. The minimum absolute atomic E-state index is 0.0632. The minimum Gasteiger partial charge on any atom is -0.368 e. The zero-order valence-corrected chi connectivity index (χ0v) is 15.6. The van der Waals surface area contributed by atoms with Gasteiger partial charge in [0.1, 0.15) is 0 Å². The van der Waals surface area contributed by atoms with Crippen molar-refractivity contribution in [3.63, 3.8) is 0 Å². The second-order valence-corrected chi connectivity index (χ2v) is 8.05. The maximum atomic E-state index is 6.48. The summed E-state index contributed by atoms with van der Waals surface area (Å²) in [5, 5.41) is 1.74. The van der Waals surface area contributed by atoms with Gasteiger partial charge in [-0.15, -0.1) is 11.8 Å². The molecule has 25 heavy (non-hydrogen) atoms. The molecule has 3 aromatic rings. The number of halogens is 2. The van der Waals surface area contributed by atoms with E-state index in [1.165, 1.54) is 4.90 Å². The van der Waals surface area contributed by atoms with Crippen LogP contribution in [0.15, 0.2) is 66.1 Å². The molecule has 0 radical (unpaired) electrons. The number of thioether (sulfide) groups is 1. The van der Waals surface area contributed by atoms with E-state index in [0.29, 0.717) is 6.61 Å². The van der Waals surface area contributed by atoms with E-state index >= 15 is 0 Å². The molecule has 1 aromatic heterocycles.